The minimum absolute atomic E-state index is 0.219. The van der Waals surface area contributed by atoms with E-state index < -0.39 is 0 Å². The Morgan fingerprint density at radius 2 is 1.85 bits per heavy atom. The minimum atomic E-state index is -0.340. The summed E-state index contributed by atoms with van der Waals surface area (Å²) in [6, 6.07) is 5.87. The molecule has 0 aromatic carbocycles. The van der Waals surface area contributed by atoms with Crippen molar-refractivity contribution in [2.75, 3.05) is 13.1 Å². The van der Waals surface area contributed by atoms with Gasteiger partial charge in [0.05, 0.1) is 11.8 Å². The molecule has 20 heavy (non-hydrogen) atoms. The number of hydrogen-bond acceptors (Lipinski definition) is 4. The van der Waals surface area contributed by atoms with Gasteiger partial charge in [-0.05, 0) is 18.2 Å². The highest BCUT2D eigenvalue weighted by atomic mass is 16.3. The maximum atomic E-state index is 11.7. The summed E-state index contributed by atoms with van der Waals surface area (Å²) in [5.74, 6) is -0.446. The van der Waals surface area contributed by atoms with Crippen molar-refractivity contribution < 1.29 is 14.0 Å². The van der Waals surface area contributed by atoms with Crippen LogP contribution < -0.4 is 16.2 Å². The summed E-state index contributed by atoms with van der Waals surface area (Å²) in [5.41, 5.74) is 0.0780. The van der Waals surface area contributed by atoms with E-state index in [4.69, 9.17) is 4.42 Å². The van der Waals surface area contributed by atoms with Gasteiger partial charge in [-0.15, -0.1) is 0 Å². The summed E-state index contributed by atoms with van der Waals surface area (Å²) in [6.07, 6.45) is 2.74. The highest BCUT2D eigenvalue weighted by Crippen LogP contribution is 1.98. The summed E-state index contributed by atoms with van der Waals surface area (Å²) in [6.45, 7) is 0.541. The number of aromatic nitrogens is 1. The lowest BCUT2D eigenvalue weighted by molar-refractivity contribution is 0.0910. The number of pyridine rings is 1. The van der Waals surface area contributed by atoms with Crippen molar-refractivity contribution in [1.29, 1.82) is 0 Å². The number of carbonyl (C=O) groups excluding carboxylic acids is 2. The molecular weight excluding hydrogens is 262 g/mol. The van der Waals surface area contributed by atoms with Gasteiger partial charge >= 0.3 is 0 Å². The predicted octanol–water partition coefficient (Wildman–Crippen LogP) is 0.128. The molecule has 0 saturated carbocycles. The van der Waals surface area contributed by atoms with Crippen LogP contribution in [0, 0.1) is 0 Å². The van der Waals surface area contributed by atoms with Crippen LogP contribution in [-0.4, -0.2) is 29.9 Å². The normalized spacial score (nSPS) is 10.0. The minimum Gasteiger partial charge on any atom is -0.459 e. The second-order valence-corrected chi connectivity index (χ2v) is 3.93. The van der Waals surface area contributed by atoms with E-state index in [1.807, 2.05) is 0 Å². The van der Waals surface area contributed by atoms with Gasteiger partial charge in [0.15, 0.2) is 5.76 Å². The quantitative estimate of drug-likeness (QED) is 0.674. The van der Waals surface area contributed by atoms with Crippen molar-refractivity contribution in [2.45, 2.75) is 0 Å². The molecule has 2 rings (SSSR count). The van der Waals surface area contributed by atoms with Crippen LogP contribution in [0.25, 0.3) is 0 Å². The van der Waals surface area contributed by atoms with E-state index in [1.54, 1.807) is 12.1 Å². The second kappa shape index (κ2) is 6.37. The van der Waals surface area contributed by atoms with Gasteiger partial charge in [0.2, 0.25) is 5.56 Å². The molecule has 0 fully saturated rings. The van der Waals surface area contributed by atoms with Crippen molar-refractivity contribution in [3.63, 3.8) is 0 Å². The lowest BCUT2D eigenvalue weighted by Crippen LogP contribution is -2.34. The van der Waals surface area contributed by atoms with Crippen LogP contribution in [0.1, 0.15) is 20.9 Å². The molecule has 0 atom stereocenters. The van der Waals surface area contributed by atoms with Gasteiger partial charge in [-0.3, -0.25) is 14.4 Å². The molecule has 104 valence electrons. The zero-order valence-electron chi connectivity index (χ0n) is 10.5. The van der Waals surface area contributed by atoms with Crippen molar-refractivity contribution in [3.05, 3.63) is 58.4 Å². The third-order valence-corrected chi connectivity index (χ3v) is 2.49. The molecule has 2 aromatic heterocycles. The average molecular weight is 275 g/mol. The Hall–Kier alpha value is -2.83. The first kappa shape index (κ1) is 13.6. The fourth-order valence-electron chi connectivity index (χ4n) is 1.50. The maximum absolute atomic E-state index is 11.7. The Labute approximate surface area is 114 Å². The molecule has 0 unspecified atom stereocenters. The topological polar surface area (TPSA) is 104 Å². The van der Waals surface area contributed by atoms with Gasteiger partial charge in [0.1, 0.15) is 0 Å². The number of aromatic amines is 1. The van der Waals surface area contributed by atoms with E-state index in [1.165, 1.54) is 24.6 Å². The number of rotatable bonds is 5. The third-order valence-electron chi connectivity index (χ3n) is 2.49. The molecule has 0 radical (unpaired) electrons. The van der Waals surface area contributed by atoms with Crippen LogP contribution in [0.5, 0.6) is 0 Å². The molecule has 7 heteroatoms. The van der Waals surface area contributed by atoms with E-state index in [0.29, 0.717) is 5.56 Å². The third kappa shape index (κ3) is 3.58. The van der Waals surface area contributed by atoms with Gasteiger partial charge in [-0.2, -0.15) is 0 Å². The molecule has 0 saturated heterocycles. The number of H-pyrrole nitrogens is 1. The molecule has 2 amide bonds. The lowest BCUT2D eigenvalue weighted by Gasteiger charge is -2.05. The molecule has 0 spiro atoms. The monoisotopic (exact) mass is 275 g/mol. The van der Waals surface area contributed by atoms with Gasteiger partial charge in [0.25, 0.3) is 11.8 Å². The molecule has 7 nitrogen and oxygen atoms in total. The molecule has 2 aromatic rings. The summed E-state index contributed by atoms with van der Waals surface area (Å²) in [5, 5.41) is 5.21. The van der Waals surface area contributed by atoms with Crippen molar-refractivity contribution >= 4 is 11.8 Å². The highest BCUT2D eigenvalue weighted by molar-refractivity contribution is 5.94. The Morgan fingerprint density at radius 1 is 1.10 bits per heavy atom. The van der Waals surface area contributed by atoms with Gasteiger partial charge in [0, 0.05) is 25.4 Å². The molecule has 0 bridgehead atoms. The number of nitrogens with one attached hydrogen (secondary N) is 3. The Kier molecular flexibility index (Phi) is 4.33. The fraction of sp³-hybridized carbons (Fsp3) is 0.154. The van der Waals surface area contributed by atoms with Crippen molar-refractivity contribution in [1.82, 2.24) is 15.6 Å². The SMILES string of the molecule is O=C(NCCNC(=O)c1ccco1)c1ccc(=O)[nH]c1. The standard InChI is InChI=1S/C13H13N3O4/c17-11-4-3-9(8-16-11)12(18)14-5-6-15-13(19)10-2-1-7-20-10/h1-4,7-8H,5-6H2,(H,14,18)(H,15,19)(H,16,17). The summed E-state index contributed by atoms with van der Waals surface area (Å²) in [4.78, 5) is 36.4. The van der Waals surface area contributed by atoms with E-state index >= 15 is 0 Å². The van der Waals surface area contributed by atoms with Gasteiger partial charge < -0.3 is 20.0 Å². The zero-order chi connectivity index (χ0) is 14.4. The van der Waals surface area contributed by atoms with Crippen LogP contribution in [0.4, 0.5) is 0 Å². The highest BCUT2D eigenvalue weighted by Gasteiger charge is 2.08. The molecular formula is C13H13N3O4. The number of carbonyl (C=O) groups is 2. The molecule has 3 N–H and O–H groups in total. The Morgan fingerprint density at radius 3 is 2.45 bits per heavy atom. The van der Waals surface area contributed by atoms with Gasteiger partial charge in [-0.25, -0.2) is 0 Å². The first-order chi connectivity index (χ1) is 9.66. The largest absolute Gasteiger partial charge is 0.459 e. The van der Waals surface area contributed by atoms with Gasteiger partial charge in [-0.1, -0.05) is 0 Å². The predicted molar refractivity (Wildman–Crippen MR) is 70.4 cm³/mol. The van der Waals surface area contributed by atoms with E-state index in [2.05, 4.69) is 15.6 Å². The van der Waals surface area contributed by atoms with Crippen LogP contribution in [0.3, 0.4) is 0 Å². The van der Waals surface area contributed by atoms with Crippen molar-refractivity contribution in [2.24, 2.45) is 0 Å². The Balaban J connectivity index is 1.73. The number of hydrogen-bond donors (Lipinski definition) is 3. The van der Waals surface area contributed by atoms with E-state index in [0.717, 1.165) is 0 Å². The van der Waals surface area contributed by atoms with E-state index in [-0.39, 0.29) is 36.2 Å². The number of amides is 2. The zero-order valence-corrected chi connectivity index (χ0v) is 10.5. The van der Waals surface area contributed by atoms with Crippen LogP contribution in [0.2, 0.25) is 0 Å². The van der Waals surface area contributed by atoms with E-state index in [9.17, 15) is 14.4 Å². The first-order valence-electron chi connectivity index (χ1n) is 5.95. The smallest absolute Gasteiger partial charge is 0.287 e. The summed E-state index contributed by atoms with van der Waals surface area (Å²) >= 11 is 0. The molecule has 2 heterocycles. The van der Waals surface area contributed by atoms with Crippen LogP contribution in [-0.2, 0) is 0 Å². The average Bonchev–Trinajstić information content (AvgIpc) is 2.98. The molecule has 0 aliphatic carbocycles. The molecule has 0 aliphatic rings. The van der Waals surface area contributed by atoms with Crippen molar-refractivity contribution in [3.8, 4) is 0 Å². The Bertz CT molecular complexity index is 625. The first-order valence-corrected chi connectivity index (χ1v) is 5.95. The summed E-state index contributed by atoms with van der Waals surface area (Å²) < 4.78 is 4.92. The summed E-state index contributed by atoms with van der Waals surface area (Å²) in [7, 11) is 0. The maximum Gasteiger partial charge on any atom is 0.287 e. The fourth-order valence-corrected chi connectivity index (χ4v) is 1.50. The van der Waals surface area contributed by atoms with Crippen LogP contribution in [0.15, 0.2) is 45.9 Å². The second-order valence-electron chi connectivity index (χ2n) is 3.93. The lowest BCUT2D eigenvalue weighted by atomic mass is 10.3. The van der Waals surface area contributed by atoms with Crippen LogP contribution >= 0.6 is 0 Å². The molecule has 0 aliphatic heterocycles. The number of furan rings is 1.